The van der Waals surface area contributed by atoms with Gasteiger partial charge >= 0.3 is 0 Å². The smallest absolute Gasteiger partial charge is 0.259 e. The van der Waals surface area contributed by atoms with E-state index in [9.17, 15) is 4.79 Å². The number of nitrogens with one attached hydrogen (secondary N) is 1. The number of nitrogens with zero attached hydrogens (tertiary/aromatic N) is 4. The summed E-state index contributed by atoms with van der Waals surface area (Å²) in [4.78, 5) is 12.1. The van der Waals surface area contributed by atoms with Gasteiger partial charge < -0.3 is 5.32 Å². The highest BCUT2D eigenvalue weighted by Crippen LogP contribution is 2.12. The predicted octanol–water partition coefficient (Wildman–Crippen LogP) is 1.51. The molecule has 2 heterocycles. The van der Waals surface area contributed by atoms with Crippen molar-refractivity contribution >= 4 is 11.6 Å². The number of aromatic nitrogens is 4. The molecule has 0 spiro atoms. The molecule has 94 valence electrons. The lowest BCUT2D eigenvalue weighted by Gasteiger charge is -2.06. The monoisotopic (exact) mass is 245 g/mol. The molecule has 0 bridgehead atoms. The molecule has 0 radical (unpaired) electrons. The van der Waals surface area contributed by atoms with E-state index in [1.165, 1.54) is 12.4 Å². The van der Waals surface area contributed by atoms with Crippen LogP contribution in [0, 0.1) is 0 Å². The number of rotatable bonds is 4. The summed E-state index contributed by atoms with van der Waals surface area (Å²) >= 11 is 0. The Labute approximate surface area is 105 Å². The van der Waals surface area contributed by atoms with Crippen LogP contribution in [-0.4, -0.2) is 25.9 Å². The van der Waals surface area contributed by atoms with Crippen LogP contribution in [0.2, 0.25) is 0 Å². The first-order valence-electron chi connectivity index (χ1n) is 5.89. The standard InChI is InChI=1S/C12H15N5O/c1-3-11-10(8-15-17(11)4-2)12(18)16-9-5-6-13-14-7-9/h5-8H,3-4H2,1-2H3,(H,13,16,18). The van der Waals surface area contributed by atoms with Crippen molar-refractivity contribution in [1.29, 1.82) is 0 Å². The lowest BCUT2D eigenvalue weighted by Crippen LogP contribution is -2.14. The highest BCUT2D eigenvalue weighted by Gasteiger charge is 2.15. The second-order valence-corrected chi connectivity index (χ2v) is 3.76. The Hall–Kier alpha value is -2.24. The summed E-state index contributed by atoms with van der Waals surface area (Å²) in [5.74, 6) is -0.167. The van der Waals surface area contributed by atoms with Crippen LogP contribution in [0.3, 0.4) is 0 Å². The third-order valence-corrected chi connectivity index (χ3v) is 2.67. The van der Waals surface area contributed by atoms with Crippen molar-refractivity contribution in [1.82, 2.24) is 20.0 Å². The van der Waals surface area contributed by atoms with Crippen molar-refractivity contribution in [3.8, 4) is 0 Å². The zero-order valence-corrected chi connectivity index (χ0v) is 10.4. The molecule has 0 unspecified atom stereocenters. The fourth-order valence-electron chi connectivity index (χ4n) is 1.81. The fourth-order valence-corrected chi connectivity index (χ4v) is 1.81. The third-order valence-electron chi connectivity index (χ3n) is 2.67. The van der Waals surface area contributed by atoms with E-state index in [1.54, 1.807) is 12.3 Å². The van der Waals surface area contributed by atoms with Gasteiger partial charge in [-0.2, -0.15) is 15.3 Å². The first-order chi connectivity index (χ1) is 8.76. The van der Waals surface area contributed by atoms with Gasteiger partial charge in [0.15, 0.2) is 0 Å². The maximum atomic E-state index is 12.1. The summed E-state index contributed by atoms with van der Waals surface area (Å²) < 4.78 is 1.83. The van der Waals surface area contributed by atoms with Crippen LogP contribution in [0.5, 0.6) is 0 Å². The van der Waals surface area contributed by atoms with Crippen LogP contribution >= 0.6 is 0 Å². The topological polar surface area (TPSA) is 72.7 Å². The van der Waals surface area contributed by atoms with Gasteiger partial charge in [0.25, 0.3) is 5.91 Å². The molecule has 2 rings (SSSR count). The zero-order chi connectivity index (χ0) is 13.0. The van der Waals surface area contributed by atoms with E-state index < -0.39 is 0 Å². The Morgan fingerprint density at radius 1 is 1.33 bits per heavy atom. The molecule has 2 aromatic heterocycles. The zero-order valence-electron chi connectivity index (χ0n) is 10.4. The minimum absolute atomic E-state index is 0.167. The van der Waals surface area contributed by atoms with Gasteiger partial charge in [0, 0.05) is 6.54 Å². The summed E-state index contributed by atoms with van der Waals surface area (Å²) in [7, 11) is 0. The number of aryl methyl sites for hydroxylation is 1. The van der Waals surface area contributed by atoms with Crippen LogP contribution in [0.4, 0.5) is 5.69 Å². The van der Waals surface area contributed by atoms with Gasteiger partial charge in [-0.15, -0.1) is 0 Å². The van der Waals surface area contributed by atoms with Gasteiger partial charge in [-0.1, -0.05) is 6.92 Å². The summed E-state index contributed by atoms with van der Waals surface area (Å²) in [6, 6.07) is 1.70. The molecule has 1 N–H and O–H groups in total. The highest BCUT2D eigenvalue weighted by atomic mass is 16.1. The van der Waals surface area contributed by atoms with Gasteiger partial charge in [-0.3, -0.25) is 9.48 Å². The van der Waals surface area contributed by atoms with Crippen molar-refractivity contribution in [3.05, 3.63) is 35.9 Å². The van der Waals surface area contributed by atoms with Crippen LogP contribution in [0.1, 0.15) is 29.9 Å². The van der Waals surface area contributed by atoms with E-state index in [0.29, 0.717) is 11.3 Å². The lowest BCUT2D eigenvalue weighted by molar-refractivity contribution is 0.102. The average molecular weight is 245 g/mol. The average Bonchev–Trinajstić information content (AvgIpc) is 2.82. The second kappa shape index (κ2) is 5.39. The SMILES string of the molecule is CCc1c(C(=O)Nc2ccnnc2)cnn1CC. The molecular formula is C12H15N5O. The molecule has 0 aromatic carbocycles. The summed E-state index contributed by atoms with van der Waals surface area (Å²) in [5.41, 5.74) is 2.18. The first-order valence-corrected chi connectivity index (χ1v) is 5.89. The van der Waals surface area contributed by atoms with E-state index in [-0.39, 0.29) is 5.91 Å². The summed E-state index contributed by atoms with van der Waals surface area (Å²) in [6.45, 7) is 4.77. The number of hydrogen-bond donors (Lipinski definition) is 1. The Morgan fingerprint density at radius 2 is 2.17 bits per heavy atom. The van der Waals surface area contributed by atoms with Crippen molar-refractivity contribution in [2.24, 2.45) is 0 Å². The molecular weight excluding hydrogens is 230 g/mol. The third kappa shape index (κ3) is 2.37. The van der Waals surface area contributed by atoms with E-state index in [2.05, 4.69) is 20.6 Å². The number of amides is 1. The molecule has 0 atom stereocenters. The number of hydrogen-bond acceptors (Lipinski definition) is 4. The van der Waals surface area contributed by atoms with Gasteiger partial charge in [0.05, 0.1) is 35.5 Å². The molecule has 1 amide bonds. The first kappa shape index (κ1) is 12.2. The van der Waals surface area contributed by atoms with Crippen molar-refractivity contribution < 1.29 is 4.79 Å². The molecule has 6 nitrogen and oxygen atoms in total. The van der Waals surface area contributed by atoms with Crippen LogP contribution in [-0.2, 0) is 13.0 Å². The molecule has 18 heavy (non-hydrogen) atoms. The number of carbonyl (C=O) groups is 1. The quantitative estimate of drug-likeness (QED) is 0.886. The van der Waals surface area contributed by atoms with E-state index in [1.807, 2.05) is 18.5 Å². The Kier molecular flexibility index (Phi) is 3.66. The van der Waals surface area contributed by atoms with E-state index >= 15 is 0 Å². The van der Waals surface area contributed by atoms with E-state index in [4.69, 9.17) is 0 Å². The molecule has 2 aromatic rings. The maximum absolute atomic E-state index is 12.1. The van der Waals surface area contributed by atoms with Crippen molar-refractivity contribution in [3.63, 3.8) is 0 Å². The van der Waals surface area contributed by atoms with Crippen molar-refractivity contribution in [2.75, 3.05) is 5.32 Å². The fraction of sp³-hybridized carbons (Fsp3) is 0.333. The molecule has 0 fully saturated rings. The maximum Gasteiger partial charge on any atom is 0.259 e. The molecule has 0 aliphatic rings. The van der Waals surface area contributed by atoms with Gasteiger partial charge in [-0.25, -0.2) is 0 Å². The van der Waals surface area contributed by atoms with E-state index in [0.717, 1.165) is 18.7 Å². The number of anilines is 1. The molecule has 0 saturated carbocycles. The second-order valence-electron chi connectivity index (χ2n) is 3.76. The normalized spacial score (nSPS) is 10.3. The Morgan fingerprint density at radius 3 is 2.78 bits per heavy atom. The van der Waals surface area contributed by atoms with Crippen LogP contribution in [0.25, 0.3) is 0 Å². The van der Waals surface area contributed by atoms with Gasteiger partial charge in [-0.05, 0) is 19.4 Å². The minimum Gasteiger partial charge on any atom is -0.320 e. The summed E-state index contributed by atoms with van der Waals surface area (Å²) in [5, 5.41) is 14.3. The summed E-state index contributed by atoms with van der Waals surface area (Å²) in [6.07, 6.45) is 5.41. The van der Waals surface area contributed by atoms with Gasteiger partial charge in [0.1, 0.15) is 0 Å². The highest BCUT2D eigenvalue weighted by molar-refractivity contribution is 6.04. The van der Waals surface area contributed by atoms with Crippen LogP contribution < -0.4 is 5.32 Å². The number of carbonyl (C=O) groups excluding carboxylic acids is 1. The lowest BCUT2D eigenvalue weighted by atomic mass is 10.2. The predicted molar refractivity (Wildman–Crippen MR) is 67.3 cm³/mol. The molecule has 0 aliphatic heterocycles. The van der Waals surface area contributed by atoms with Crippen LogP contribution in [0.15, 0.2) is 24.7 Å². The molecule has 6 heteroatoms. The largest absolute Gasteiger partial charge is 0.320 e. The molecule has 0 saturated heterocycles. The van der Waals surface area contributed by atoms with Crippen molar-refractivity contribution in [2.45, 2.75) is 26.8 Å². The Bertz CT molecular complexity index is 535. The molecule has 0 aliphatic carbocycles. The van der Waals surface area contributed by atoms with Gasteiger partial charge in [0.2, 0.25) is 0 Å². The minimum atomic E-state index is -0.167. The Balaban J connectivity index is 2.21.